The molecule has 0 unspecified atom stereocenters. The van der Waals surface area contributed by atoms with Crippen molar-refractivity contribution in [3.05, 3.63) is 23.8 Å². The highest BCUT2D eigenvalue weighted by molar-refractivity contribution is 5.97. The van der Waals surface area contributed by atoms with Gasteiger partial charge in [-0.15, -0.1) is 0 Å². The molecule has 0 saturated heterocycles. The molecule has 0 aliphatic heterocycles. The van der Waals surface area contributed by atoms with E-state index < -0.39 is 5.41 Å². The van der Waals surface area contributed by atoms with Gasteiger partial charge < -0.3 is 10.1 Å². The maximum atomic E-state index is 12.5. The molecule has 2 rings (SSSR count). The van der Waals surface area contributed by atoms with Gasteiger partial charge in [-0.1, -0.05) is 19.3 Å². The van der Waals surface area contributed by atoms with Crippen LogP contribution in [0.4, 0.5) is 5.69 Å². The van der Waals surface area contributed by atoms with E-state index in [1.54, 1.807) is 7.11 Å². The number of hydrogen-bond acceptors (Lipinski definition) is 3. The second-order valence-corrected chi connectivity index (χ2v) is 5.39. The summed E-state index contributed by atoms with van der Waals surface area (Å²) in [7, 11) is 1.61. The molecule has 1 saturated carbocycles. The number of anilines is 1. The Kier molecular flexibility index (Phi) is 4.29. The number of aryl methyl sites for hydroxylation is 1. The van der Waals surface area contributed by atoms with Gasteiger partial charge in [-0.25, -0.2) is 0 Å². The van der Waals surface area contributed by atoms with Crippen molar-refractivity contribution in [3.63, 3.8) is 0 Å². The third kappa shape index (κ3) is 2.77. The molecular weight excluding hydrogens is 252 g/mol. The lowest BCUT2D eigenvalue weighted by Gasteiger charge is -2.29. The number of carbonyl (C=O) groups excluding carboxylic acids is 1. The van der Waals surface area contributed by atoms with E-state index in [-0.39, 0.29) is 5.91 Å². The number of rotatable bonds is 3. The second kappa shape index (κ2) is 5.96. The largest absolute Gasteiger partial charge is 0.497 e. The molecule has 4 nitrogen and oxygen atoms in total. The lowest BCUT2D eigenvalue weighted by molar-refractivity contribution is -0.124. The number of nitriles is 1. The predicted molar refractivity (Wildman–Crippen MR) is 77.5 cm³/mol. The van der Waals surface area contributed by atoms with Gasteiger partial charge in [-0.3, -0.25) is 4.79 Å². The topological polar surface area (TPSA) is 62.1 Å². The Bertz CT molecular complexity index is 540. The maximum Gasteiger partial charge on any atom is 0.244 e. The molecule has 1 aliphatic rings. The van der Waals surface area contributed by atoms with E-state index in [2.05, 4.69) is 11.4 Å². The van der Waals surface area contributed by atoms with E-state index in [1.807, 2.05) is 25.1 Å². The van der Waals surface area contributed by atoms with Crippen molar-refractivity contribution in [1.29, 1.82) is 5.26 Å². The van der Waals surface area contributed by atoms with E-state index in [4.69, 9.17) is 4.74 Å². The molecule has 0 radical (unpaired) electrons. The fourth-order valence-corrected chi connectivity index (χ4v) is 2.69. The summed E-state index contributed by atoms with van der Waals surface area (Å²) in [6.07, 6.45) is 4.32. The number of nitrogens with zero attached hydrogens (tertiary/aromatic N) is 1. The SMILES string of the molecule is COc1ccc(NC(=O)C2(C#N)CCCCC2)c(C)c1. The van der Waals surface area contributed by atoms with Crippen molar-refractivity contribution in [2.75, 3.05) is 12.4 Å². The van der Waals surface area contributed by atoms with E-state index >= 15 is 0 Å². The molecule has 1 N–H and O–H groups in total. The molecule has 0 atom stereocenters. The molecular formula is C16H20N2O2. The second-order valence-electron chi connectivity index (χ2n) is 5.39. The lowest BCUT2D eigenvalue weighted by atomic mass is 9.74. The summed E-state index contributed by atoms with van der Waals surface area (Å²) < 4.78 is 5.15. The molecule has 0 spiro atoms. The van der Waals surface area contributed by atoms with Gasteiger partial charge >= 0.3 is 0 Å². The van der Waals surface area contributed by atoms with Gasteiger partial charge in [0.25, 0.3) is 0 Å². The lowest BCUT2D eigenvalue weighted by Crippen LogP contribution is -2.36. The molecule has 1 amide bonds. The van der Waals surface area contributed by atoms with Crippen molar-refractivity contribution in [2.24, 2.45) is 5.41 Å². The van der Waals surface area contributed by atoms with Crippen molar-refractivity contribution in [1.82, 2.24) is 0 Å². The normalized spacial score (nSPS) is 17.1. The van der Waals surface area contributed by atoms with E-state index in [1.165, 1.54) is 0 Å². The number of hydrogen-bond donors (Lipinski definition) is 1. The van der Waals surface area contributed by atoms with Crippen molar-refractivity contribution >= 4 is 11.6 Å². The first-order valence-corrected chi connectivity index (χ1v) is 6.99. The fourth-order valence-electron chi connectivity index (χ4n) is 2.69. The first kappa shape index (κ1) is 14.4. The van der Waals surface area contributed by atoms with Gasteiger partial charge in [0, 0.05) is 5.69 Å². The van der Waals surface area contributed by atoms with Crippen molar-refractivity contribution in [3.8, 4) is 11.8 Å². The number of carbonyl (C=O) groups is 1. The van der Waals surface area contributed by atoms with Crippen LogP contribution in [-0.2, 0) is 4.79 Å². The first-order valence-electron chi connectivity index (χ1n) is 6.99. The molecule has 1 aromatic rings. The fraction of sp³-hybridized carbons (Fsp3) is 0.500. The zero-order chi connectivity index (χ0) is 14.6. The molecule has 106 valence electrons. The van der Waals surface area contributed by atoms with Crippen LogP contribution < -0.4 is 10.1 Å². The zero-order valence-electron chi connectivity index (χ0n) is 12.0. The summed E-state index contributed by atoms with van der Waals surface area (Å²) >= 11 is 0. The van der Waals surface area contributed by atoms with Crippen molar-refractivity contribution < 1.29 is 9.53 Å². The first-order chi connectivity index (χ1) is 9.61. The minimum atomic E-state index is -0.857. The standard InChI is InChI=1S/C16H20N2O2/c1-12-10-13(20-2)6-7-14(12)18-15(19)16(11-17)8-4-3-5-9-16/h6-7,10H,3-5,8-9H2,1-2H3,(H,18,19). The van der Waals surface area contributed by atoms with Crippen LogP contribution in [0.2, 0.25) is 0 Å². The zero-order valence-corrected chi connectivity index (χ0v) is 12.0. The molecule has 20 heavy (non-hydrogen) atoms. The minimum Gasteiger partial charge on any atom is -0.497 e. The van der Waals surface area contributed by atoms with E-state index in [9.17, 15) is 10.1 Å². The van der Waals surface area contributed by atoms with Gasteiger partial charge in [-0.2, -0.15) is 5.26 Å². The monoisotopic (exact) mass is 272 g/mol. The highest BCUT2D eigenvalue weighted by atomic mass is 16.5. The quantitative estimate of drug-likeness (QED) is 0.917. The maximum absolute atomic E-state index is 12.5. The average Bonchev–Trinajstić information content (AvgIpc) is 2.49. The van der Waals surface area contributed by atoms with Crippen molar-refractivity contribution in [2.45, 2.75) is 39.0 Å². The van der Waals surface area contributed by atoms with Crippen LogP contribution in [0.1, 0.15) is 37.7 Å². The average molecular weight is 272 g/mol. The summed E-state index contributed by atoms with van der Waals surface area (Å²) in [5.41, 5.74) is 0.822. The van der Waals surface area contributed by atoms with Gasteiger partial charge in [0.05, 0.1) is 13.2 Å². The summed E-state index contributed by atoms with van der Waals surface area (Å²) in [4.78, 5) is 12.5. The number of methoxy groups -OCH3 is 1. The summed E-state index contributed by atoms with van der Waals surface area (Å²) in [6.45, 7) is 1.91. The van der Waals surface area contributed by atoms with E-state index in [0.29, 0.717) is 12.8 Å². The Morgan fingerprint density at radius 3 is 2.60 bits per heavy atom. The number of amides is 1. The molecule has 4 heteroatoms. The van der Waals surface area contributed by atoms with Gasteiger partial charge in [-0.05, 0) is 43.5 Å². The highest BCUT2D eigenvalue weighted by Gasteiger charge is 2.39. The third-order valence-corrected chi connectivity index (χ3v) is 4.04. The van der Waals surface area contributed by atoms with Gasteiger partial charge in [0.1, 0.15) is 11.2 Å². The minimum absolute atomic E-state index is 0.173. The van der Waals surface area contributed by atoms with Crippen LogP contribution in [0.15, 0.2) is 18.2 Å². The molecule has 1 aliphatic carbocycles. The van der Waals surface area contributed by atoms with Gasteiger partial charge in [0.2, 0.25) is 5.91 Å². The molecule has 1 aromatic carbocycles. The van der Waals surface area contributed by atoms with Crippen LogP contribution in [0, 0.1) is 23.7 Å². The summed E-state index contributed by atoms with van der Waals surface area (Å²) in [6, 6.07) is 7.74. The Labute approximate surface area is 119 Å². The van der Waals surface area contributed by atoms with Crippen LogP contribution in [0.3, 0.4) is 0 Å². The summed E-state index contributed by atoms with van der Waals surface area (Å²) in [5.74, 6) is 0.584. The molecule has 0 aromatic heterocycles. The Morgan fingerprint density at radius 2 is 2.05 bits per heavy atom. The number of benzene rings is 1. The molecule has 0 bridgehead atoms. The highest BCUT2D eigenvalue weighted by Crippen LogP contribution is 2.37. The van der Waals surface area contributed by atoms with Crippen LogP contribution in [0.5, 0.6) is 5.75 Å². The smallest absolute Gasteiger partial charge is 0.244 e. The predicted octanol–water partition coefficient (Wildman–Crippen LogP) is 3.42. The third-order valence-electron chi connectivity index (χ3n) is 4.04. The Morgan fingerprint density at radius 1 is 1.35 bits per heavy atom. The molecule has 1 fully saturated rings. The van der Waals surface area contributed by atoms with Crippen LogP contribution >= 0.6 is 0 Å². The van der Waals surface area contributed by atoms with E-state index in [0.717, 1.165) is 36.3 Å². The summed E-state index contributed by atoms with van der Waals surface area (Å²) in [5, 5.41) is 12.3. The molecule has 0 heterocycles. The van der Waals surface area contributed by atoms with Gasteiger partial charge in [0.15, 0.2) is 0 Å². The van der Waals surface area contributed by atoms with Crippen LogP contribution in [0.25, 0.3) is 0 Å². The number of nitrogens with one attached hydrogen (secondary N) is 1. The Hall–Kier alpha value is -2.02. The van der Waals surface area contributed by atoms with Crippen LogP contribution in [-0.4, -0.2) is 13.0 Å². The Balaban J connectivity index is 2.17. The number of ether oxygens (including phenoxy) is 1.